The zero-order chi connectivity index (χ0) is 21.0. The standard InChI is InChI=1S/C21H26N4O3S/c1-4-24(5-2)29(27,28)18-10-8-9-17(15-18)21(26)22-13-14-25-16(3)23-19-11-6-7-12-20(19)25/h6-12,15H,4-5,13-14H2,1-3H3,(H,22,26). The lowest BCUT2D eigenvalue weighted by Gasteiger charge is -2.18. The van der Waals surface area contributed by atoms with Crippen LogP contribution in [0.25, 0.3) is 11.0 Å². The zero-order valence-corrected chi connectivity index (χ0v) is 17.7. The maximum absolute atomic E-state index is 12.7. The smallest absolute Gasteiger partial charge is 0.251 e. The summed E-state index contributed by atoms with van der Waals surface area (Å²) in [6.07, 6.45) is 0. The molecule has 7 nitrogen and oxygen atoms in total. The molecule has 1 aromatic heterocycles. The molecule has 29 heavy (non-hydrogen) atoms. The van der Waals surface area contributed by atoms with Crippen LogP contribution in [0.5, 0.6) is 0 Å². The molecule has 0 radical (unpaired) electrons. The first-order valence-corrected chi connectivity index (χ1v) is 11.1. The summed E-state index contributed by atoms with van der Waals surface area (Å²) in [4.78, 5) is 17.2. The van der Waals surface area contributed by atoms with E-state index >= 15 is 0 Å². The van der Waals surface area contributed by atoms with Gasteiger partial charge in [0.05, 0.1) is 15.9 Å². The number of aromatic nitrogens is 2. The molecule has 0 aliphatic heterocycles. The Morgan fingerprint density at radius 1 is 1.10 bits per heavy atom. The van der Waals surface area contributed by atoms with Gasteiger partial charge in [-0.1, -0.05) is 32.0 Å². The van der Waals surface area contributed by atoms with Crippen molar-refractivity contribution in [3.05, 3.63) is 59.9 Å². The molecule has 1 amide bonds. The van der Waals surface area contributed by atoms with Crippen molar-refractivity contribution in [1.82, 2.24) is 19.2 Å². The maximum atomic E-state index is 12.7. The van der Waals surface area contributed by atoms with Crippen LogP contribution in [0.2, 0.25) is 0 Å². The summed E-state index contributed by atoms with van der Waals surface area (Å²) in [7, 11) is -3.60. The summed E-state index contributed by atoms with van der Waals surface area (Å²) in [6, 6.07) is 14.0. The number of benzene rings is 2. The van der Waals surface area contributed by atoms with Crippen LogP contribution in [0.4, 0.5) is 0 Å². The van der Waals surface area contributed by atoms with E-state index in [4.69, 9.17) is 0 Å². The number of hydrogen-bond acceptors (Lipinski definition) is 4. The highest BCUT2D eigenvalue weighted by Crippen LogP contribution is 2.17. The van der Waals surface area contributed by atoms with Crippen LogP contribution in [0.1, 0.15) is 30.0 Å². The van der Waals surface area contributed by atoms with Crippen molar-refractivity contribution in [3.63, 3.8) is 0 Å². The number of rotatable bonds is 8. The highest BCUT2D eigenvalue weighted by atomic mass is 32.2. The second kappa shape index (κ2) is 8.75. The average molecular weight is 415 g/mol. The minimum absolute atomic E-state index is 0.130. The quantitative estimate of drug-likeness (QED) is 0.614. The van der Waals surface area contributed by atoms with Gasteiger partial charge in [0, 0.05) is 31.7 Å². The van der Waals surface area contributed by atoms with Crippen molar-refractivity contribution < 1.29 is 13.2 Å². The van der Waals surface area contributed by atoms with Crippen LogP contribution in [0.3, 0.4) is 0 Å². The zero-order valence-electron chi connectivity index (χ0n) is 16.9. The molecule has 0 saturated heterocycles. The largest absolute Gasteiger partial charge is 0.350 e. The number of fused-ring (bicyclic) bond motifs is 1. The monoisotopic (exact) mass is 414 g/mol. The number of nitrogens with one attached hydrogen (secondary N) is 1. The van der Waals surface area contributed by atoms with E-state index in [1.54, 1.807) is 26.0 Å². The Balaban J connectivity index is 1.71. The molecule has 2 aromatic carbocycles. The Labute approximate surface area is 171 Å². The number of carbonyl (C=O) groups is 1. The van der Waals surface area contributed by atoms with Gasteiger partial charge in [-0.05, 0) is 37.3 Å². The Morgan fingerprint density at radius 3 is 2.55 bits per heavy atom. The van der Waals surface area contributed by atoms with Gasteiger partial charge in [-0.2, -0.15) is 4.31 Å². The molecule has 0 fully saturated rings. The molecule has 3 rings (SSSR count). The molecule has 1 heterocycles. The molecule has 8 heteroatoms. The van der Waals surface area contributed by atoms with Crippen LogP contribution < -0.4 is 5.32 Å². The minimum atomic E-state index is -3.60. The third-order valence-corrected chi connectivity index (χ3v) is 6.95. The van der Waals surface area contributed by atoms with Crippen LogP contribution in [0.15, 0.2) is 53.4 Å². The van der Waals surface area contributed by atoms with Crippen molar-refractivity contribution in [1.29, 1.82) is 0 Å². The van der Waals surface area contributed by atoms with Crippen LogP contribution >= 0.6 is 0 Å². The first kappa shape index (κ1) is 21.0. The Morgan fingerprint density at radius 2 is 1.83 bits per heavy atom. The fraction of sp³-hybridized carbons (Fsp3) is 0.333. The Hall–Kier alpha value is -2.71. The van der Waals surface area contributed by atoms with E-state index in [-0.39, 0.29) is 10.8 Å². The van der Waals surface area contributed by atoms with Crippen molar-refractivity contribution in [2.24, 2.45) is 0 Å². The third-order valence-electron chi connectivity index (χ3n) is 4.91. The SMILES string of the molecule is CCN(CC)S(=O)(=O)c1cccc(C(=O)NCCn2c(C)nc3ccccc32)c1. The van der Waals surface area contributed by atoms with Gasteiger partial charge in [-0.3, -0.25) is 4.79 Å². The number of imidazole rings is 1. The number of hydrogen-bond donors (Lipinski definition) is 1. The predicted octanol–water partition coefficient (Wildman–Crippen LogP) is 2.81. The minimum Gasteiger partial charge on any atom is -0.350 e. The van der Waals surface area contributed by atoms with Crippen molar-refractivity contribution in [2.45, 2.75) is 32.2 Å². The highest BCUT2D eigenvalue weighted by Gasteiger charge is 2.22. The van der Waals surface area contributed by atoms with E-state index in [0.29, 0.717) is 31.7 Å². The van der Waals surface area contributed by atoms with Gasteiger partial charge in [0.15, 0.2) is 0 Å². The van der Waals surface area contributed by atoms with Crippen LogP contribution in [-0.2, 0) is 16.6 Å². The molecule has 0 unspecified atom stereocenters. The molecule has 154 valence electrons. The summed E-state index contributed by atoms with van der Waals surface area (Å²) in [5, 5.41) is 2.87. The summed E-state index contributed by atoms with van der Waals surface area (Å²) in [6.45, 7) is 7.27. The molecule has 0 aliphatic rings. The van der Waals surface area contributed by atoms with Crippen molar-refractivity contribution in [3.8, 4) is 0 Å². The molecule has 0 spiro atoms. The third kappa shape index (κ3) is 4.33. The number of amides is 1. The second-order valence-electron chi connectivity index (χ2n) is 6.67. The van der Waals surface area contributed by atoms with Gasteiger partial charge in [0.2, 0.25) is 10.0 Å². The van der Waals surface area contributed by atoms with E-state index in [1.807, 2.05) is 31.2 Å². The normalized spacial score (nSPS) is 11.9. The number of para-hydroxylation sites is 2. The number of sulfonamides is 1. The topological polar surface area (TPSA) is 84.3 Å². The molecular formula is C21H26N4O3S. The Kier molecular flexibility index (Phi) is 6.34. The fourth-order valence-corrected chi connectivity index (χ4v) is 4.88. The maximum Gasteiger partial charge on any atom is 0.251 e. The van der Waals surface area contributed by atoms with Crippen LogP contribution in [0, 0.1) is 6.92 Å². The molecular weight excluding hydrogens is 388 g/mol. The first-order valence-electron chi connectivity index (χ1n) is 9.68. The van der Waals surface area contributed by atoms with E-state index in [1.165, 1.54) is 16.4 Å². The summed E-state index contributed by atoms with van der Waals surface area (Å²) in [5.41, 5.74) is 2.27. The lowest BCUT2D eigenvalue weighted by molar-refractivity contribution is 0.0952. The van der Waals surface area contributed by atoms with Crippen molar-refractivity contribution >= 4 is 27.0 Å². The molecule has 0 atom stereocenters. The molecule has 0 aliphatic carbocycles. The summed E-state index contributed by atoms with van der Waals surface area (Å²) >= 11 is 0. The molecule has 1 N–H and O–H groups in total. The van der Waals surface area contributed by atoms with Crippen molar-refractivity contribution in [2.75, 3.05) is 19.6 Å². The molecule has 0 saturated carbocycles. The molecule has 0 bridgehead atoms. The van der Waals surface area contributed by atoms with Gasteiger partial charge in [0.1, 0.15) is 5.82 Å². The summed E-state index contributed by atoms with van der Waals surface area (Å²) < 4.78 is 28.8. The lowest BCUT2D eigenvalue weighted by Crippen LogP contribution is -2.31. The van der Waals surface area contributed by atoms with E-state index in [0.717, 1.165) is 16.9 Å². The van der Waals surface area contributed by atoms with Gasteiger partial charge in [0.25, 0.3) is 5.91 Å². The van der Waals surface area contributed by atoms with E-state index in [9.17, 15) is 13.2 Å². The van der Waals surface area contributed by atoms with Gasteiger partial charge in [-0.25, -0.2) is 13.4 Å². The fourth-order valence-electron chi connectivity index (χ4n) is 3.37. The van der Waals surface area contributed by atoms with E-state index in [2.05, 4.69) is 14.9 Å². The number of carbonyl (C=O) groups excluding carboxylic acids is 1. The average Bonchev–Trinajstić information content (AvgIpc) is 3.04. The lowest BCUT2D eigenvalue weighted by atomic mass is 10.2. The molecule has 3 aromatic rings. The second-order valence-corrected chi connectivity index (χ2v) is 8.61. The van der Waals surface area contributed by atoms with Gasteiger partial charge in [-0.15, -0.1) is 0 Å². The number of nitrogens with zero attached hydrogens (tertiary/aromatic N) is 3. The Bertz CT molecular complexity index is 1120. The number of aryl methyl sites for hydroxylation is 1. The van der Waals surface area contributed by atoms with Gasteiger partial charge >= 0.3 is 0 Å². The highest BCUT2D eigenvalue weighted by molar-refractivity contribution is 7.89. The summed E-state index contributed by atoms with van der Waals surface area (Å²) in [5.74, 6) is 0.580. The van der Waals surface area contributed by atoms with E-state index < -0.39 is 10.0 Å². The van der Waals surface area contributed by atoms with Gasteiger partial charge < -0.3 is 9.88 Å². The van der Waals surface area contributed by atoms with Crippen LogP contribution in [-0.4, -0.2) is 47.8 Å². The predicted molar refractivity (Wildman–Crippen MR) is 113 cm³/mol. The first-order chi connectivity index (χ1) is 13.9.